The maximum atomic E-state index is 12.5. The fraction of sp³-hybridized carbons (Fsp3) is 0.880. The molecule has 2 heterocycles. The molecular weight excluding hydrogens is 500 g/mol. The van der Waals surface area contributed by atoms with Crippen molar-refractivity contribution in [1.82, 2.24) is 10.6 Å². The molecular formula is C25H46N4O9. The Kier molecular flexibility index (Phi) is 12.6. The summed E-state index contributed by atoms with van der Waals surface area (Å²) < 4.78 is 23.9. The average Bonchev–Trinajstić information content (AvgIpc) is 2.88. The molecule has 0 spiro atoms. The summed E-state index contributed by atoms with van der Waals surface area (Å²) in [6, 6.07) is -1.25. The number of aliphatic hydroxyl groups excluding tert-OH is 4. The molecule has 1 amide bonds. The van der Waals surface area contributed by atoms with Crippen molar-refractivity contribution in [3.05, 3.63) is 11.8 Å². The van der Waals surface area contributed by atoms with Gasteiger partial charge in [0.1, 0.15) is 30.2 Å². The van der Waals surface area contributed by atoms with E-state index in [1.54, 1.807) is 0 Å². The van der Waals surface area contributed by atoms with Crippen LogP contribution in [0.1, 0.15) is 45.4 Å². The molecule has 0 aromatic heterocycles. The molecule has 13 heteroatoms. The van der Waals surface area contributed by atoms with E-state index in [9.17, 15) is 20.1 Å². The second kappa shape index (κ2) is 15.4. The first-order valence-corrected chi connectivity index (χ1v) is 13.6. The van der Waals surface area contributed by atoms with Gasteiger partial charge in [0.05, 0.1) is 31.9 Å². The lowest BCUT2D eigenvalue weighted by molar-refractivity contribution is -0.282. The van der Waals surface area contributed by atoms with Crippen LogP contribution in [0.2, 0.25) is 0 Å². The van der Waals surface area contributed by atoms with Gasteiger partial charge >= 0.3 is 0 Å². The fourth-order valence-electron chi connectivity index (χ4n) is 4.99. The maximum absolute atomic E-state index is 12.5. The van der Waals surface area contributed by atoms with Crippen molar-refractivity contribution < 1.29 is 44.2 Å². The summed E-state index contributed by atoms with van der Waals surface area (Å²) in [5.41, 5.74) is 12.0. The predicted molar refractivity (Wildman–Crippen MR) is 136 cm³/mol. The third-order valence-electron chi connectivity index (χ3n) is 7.02. The summed E-state index contributed by atoms with van der Waals surface area (Å²) in [4.78, 5) is 12.5. The Bertz CT molecular complexity index is 760. The third kappa shape index (κ3) is 9.08. The van der Waals surface area contributed by atoms with Crippen molar-refractivity contribution >= 4 is 5.91 Å². The normalized spacial score (nSPS) is 36.7. The molecule has 2 aliphatic heterocycles. The van der Waals surface area contributed by atoms with Crippen molar-refractivity contribution in [2.24, 2.45) is 17.4 Å². The van der Waals surface area contributed by atoms with Crippen LogP contribution in [0.5, 0.6) is 0 Å². The van der Waals surface area contributed by atoms with Crippen LogP contribution in [0.25, 0.3) is 0 Å². The van der Waals surface area contributed by atoms with Crippen LogP contribution in [-0.2, 0) is 23.7 Å². The van der Waals surface area contributed by atoms with Crippen molar-refractivity contribution in [1.29, 1.82) is 0 Å². The molecule has 1 saturated carbocycles. The first-order chi connectivity index (χ1) is 18.2. The van der Waals surface area contributed by atoms with E-state index in [1.165, 1.54) is 0 Å². The smallest absolute Gasteiger partial charge is 0.220 e. The number of carbonyl (C=O) groups is 1. The van der Waals surface area contributed by atoms with Gasteiger partial charge in [0, 0.05) is 25.4 Å². The van der Waals surface area contributed by atoms with Crippen LogP contribution < -0.4 is 22.1 Å². The molecule has 0 aromatic carbocycles. The summed E-state index contributed by atoms with van der Waals surface area (Å²) >= 11 is 0. The summed E-state index contributed by atoms with van der Waals surface area (Å²) in [5.74, 6) is 0.566. The van der Waals surface area contributed by atoms with E-state index in [4.69, 9.17) is 35.5 Å². The van der Waals surface area contributed by atoms with E-state index in [0.29, 0.717) is 51.1 Å². The van der Waals surface area contributed by atoms with Crippen LogP contribution in [0, 0.1) is 5.92 Å². The molecule has 10 atom stereocenters. The number of nitrogens with two attached hydrogens (primary N) is 2. The highest BCUT2D eigenvalue weighted by molar-refractivity contribution is 5.76. The number of ether oxygens (including phenoxy) is 4. The fourth-order valence-corrected chi connectivity index (χ4v) is 4.99. The number of nitrogens with one attached hydrogen (secondary N) is 2. The lowest BCUT2D eigenvalue weighted by Gasteiger charge is -2.46. The third-order valence-corrected chi connectivity index (χ3v) is 7.02. The van der Waals surface area contributed by atoms with Gasteiger partial charge in [-0.1, -0.05) is 6.92 Å². The molecule has 220 valence electrons. The lowest BCUT2D eigenvalue weighted by Crippen LogP contribution is -2.66. The highest BCUT2D eigenvalue weighted by Gasteiger charge is 2.48. The molecule has 0 bridgehead atoms. The van der Waals surface area contributed by atoms with Crippen molar-refractivity contribution in [3.8, 4) is 0 Å². The molecule has 2 fully saturated rings. The number of hydrogen-bond acceptors (Lipinski definition) is 12. The van der Waals surface area contributed by atoms with Crippen LogP contribution in [-0.4, -0.2) is 114 Å². The Morgan fingerprint density at radius 2 is 2.05 bits per heavy atom. The minimum absolute atomic E-state index is 0.171. The number of hydrogen-bond donors (Lipinski definition) is 8. The molecule has 3 rings (SSSR count). The minimum atomic E-state index is -1.23. The molecule has 38 heavy (non-hydrogen) atoms. The zero-order valence-electron chi connectivity index (χ0n) is 22.1. The molecule has 1 saturated heterocycles. The van der Waals surface area contributed by atoms with Gasteiger partial charge in [-0.3, -0.25) is 4.79 Å². The quantitative estimate of drug-likeness (QED) is 0.123. The topological polar surface area (TPSA) is 211 Å². The summed E-state index contributed by atoms with van der Waals surface area (Å²) in [6.45, 7) is 2.97. The van der Waals surface area contributed by atoms with E-state index in [-0.39, 0.29) is 37.8 Å². The van der Waals surface area contributed by atoms with Gasteiger partial charge in [0.15, 0.2) is 12.6 Å². The average molecular weight is 547 g/mol. The number of allylic oxidation sites excluding steroid dienone is 1. The summed E-state index contributed by atoms with van der Waals surface area (Å²) in [5, 5.41) is 46.3. The Morgan fingerprint density at radius 3 is 2.76 bits per heavy atom. The first-order valence-electron chi connectivity index (χ1n) is 13.6. The van der Waals surface area contributed by atoms with Crippen molar-refractivity contribution in [2.45, 2.75) is 101 Å². The maximum Gasteiger partial charge on any atom is 0.220 e. The summed E-state index contributed by atoms with van der Waals surface area (Å²) in [6.07, 6.45) is -1.71. The SMILES string of the molecule is C[C@@H]1CO[C@H](O[C@@H]2[C@@H](O)[C@H](O[C@@H]3CCC=C(CNCC(O)CO)O3)[C@@H](N)C[C@H]2NC(=O)CCCN)[C@H](O)C1. The molecule has 13 nitrogen and oxygen atoms in total. The van der Waals surface area contributed by atoms with Gasteiger partial charge in [0.25, 0.3) is 0 Å². The van der Waals surface area contributed by atoms with E-state index < -0.39 is 55.2 Å². The zero-order chi connectivity index (χ0) is 27.7. The van der Waals surface area contributed by atoms with Gasteiger partial charge in [-0.25, -0.2) is 0 Å². The number of amides is 1. The Hall–Kier alpha value is -1.39. The first kappa shape index (κ1) is 31.1. The Balaban J connectivity index is 1.65. The molecule has 1 unspecified atom stereocenters. The van der Waals surface area contributed by atoms with Gasteiger partial charge in [-0.15, -0.1) is 0 Å². The monoisotopic (exact) mass is 546 g/mol. The van der Waals surface area contributed by atoms with Gasteiger partial charge < -0.3 is 61.5 Å². The molecule has 3 aliphatic rings. The number of rotatable bonds is 13. The van der Waals surface area contributed by atoms with Crippen LogP contribution >= 0.6 is 0 Å². The van der Waals surface area contributed by atoms with Crippen molar-refractivity contribution in [2.75, 3.05) is 32.8 Å². The van der Waals surface area contributed by atoms with E-state index in [0.717, 1.165) is 0 Å². The second-order valence-corrected chi connectivity index (χ2v) is 10.5. The second-order valence-electron chi connectivity index (χ2n) is 10.5. The minimum Gasteiger partial charge on any atom is -0.468 e. The van der Waals surface area contributed by atoms with Gasteiger partial charge in [-0.05, 0) is 44.2 Å². The lowest BCUT2D eigenvalue weighted by atomic mass is 9.83. The molecule has 1 aliphatic carbocycles. The van der Waals surface area contributed by atoms with Gasteiger partial charge in [0.2, 0.25) is 5.91 Å². The molecule has 0 radical (unpaired) electrons. The molecule has 0 aromatic rings. The largest absolute Gasteiger partial charge is 0.468 e. The highest BCUT2D eigenvalue weighted by atomic mass is 16.7. The van der Waals surface area contributed by atoms with Crippen LogP contribution in [0.15, 0.2) is 11.8 Å². The Morgan fingerprint density at radius 1 is 1.26 bits per heavy atom. The van der Waals surface area contributed by atoms with E-state index in [2.05, 4.69) is 10.6 Å². The molecule has 10 N–H and O–H groups in total. The van der Waals surface area contributed by atoms with Gasteiger partial charge in [-0.2, -0.15) is 0 Å². The van der Waals surface area contributed by atoms with E-state index in [1.807, 2.05) is 13.0 Å². The highest BCUT2D eigenvalue weighted by Crippen LogP contribution is 2.31. The summed E-state index contributed by atoms with van der Waals surface area (Å²) in [7, 11) is 0. The van der Waals surface area contributed by atoms with Crippen LogP contribution in [0.3, 0.4) is 0 Å². The van der Waals surface area contributed by atoms with E-state index >= 15 is 0 Å². The zero-order valence-corrected chi connectivity index (χ0v) is 22.1. The standard InChI is InChI=1S/C25H46N4O9/c1-14-8-19(32)25(35-13-14)38-24-18(29-20(33)5-3-7-26)9-17(27)23(22(24)34)37-21-6-2-4-16(36-21)11-28-10-15(31)12-30/h4,14-15,17-19,21-25,28,30-32,34H,2-3,5-13,26-27H2,1H3,(H,29,33)/t14-,15?,17-,18+,19+,21+,22-,23+,24-,25+/m0/s1. The number of aliphatic hydroxyl groups is 4. The van der Waals surface area contributed by atoms with Crippen molar-refractivity contribution in [3.63, 3.8) is 0 Å². The predicted octanol–water partition coefficient (Wildman–Crippen LogP) is -2.22. The Labute approximate surface area is 223 Å². The van der Waals surface area contributed by atoms with Crippen LogP contribution in [0.4, 0.5) is 0 Å². The number of carbonyl (C=O) groups excluding carboxylic acids is 1.